The van der Waals surface area contributed by atoms with E-state index in [1.54, 1.807) is 0 Å². The largest absolute Gasteiger partial charge is 0.427 e. The van der Waals surface area contributed by atoms with E-state index in [0.29, 0.717) is 12.8 Å². The average molecular weight is 1650 g/mol. The number of rotatable bonds is 17. The number of halogens is 14. The normalized spacial score (nSPS) is 20.8. The van der Waals surface area contributed by atoms with Gasteiger partial charge in [-0.25, -0.2) is 25.3 Å². The van der Waals surface area contributed by atoms with Crippen LogP contribution in [0.2, 0.25) is 0 Å². The Morgan fingerprint density at radius 2 is 0.636 bits per heavy atom. The maximum Gasteiger partial charge on any atom is 0.427 e. The van der Waals surface area contributed by atoms with Gasteiger partial charge in [0.2, 0.25) is 5.78 Å². The van der Waals surface area contributed by atoms with Crippen molar-refractivity contribution in [3.8, 4) is 0 Å². The van der Waals surface area contributed by atoms with Gasteiger partial charge in [0, 0.05) is 33.4 Å². The van der Waals surface area contributed by atoms with Gasteiger partial charge < -0.3 is 4.13 Å². The maximum absolute atomic E-state index is 13.4. The third kappa shape index (κ3) is 20.1. The molecule has 0 unspecified atom stereocenters. The number of alkyl halides is 14. The molecule has 0 N–H and O–H groups in total. The Balaban J connectivity index is 0.000000152. The van der Waals surface area contributed by atoms with Gasteiger partial charge in [-0.15, -0.1) is 0 Å². The Kier molecular flexibility index (Phi) is 28.4. The van der Waals surface area contributed by atoms with Gasteiger partial charge >= 0.3 is 39.5 Å². The molecule has 2 heterocycles. The number of carbonyl (C=O) groups is 1. The average Bonchev–Trinajstić information content (AvgIpc) is 0.696. The summed E-state index contributed by atoms with van der Waals surface area (Å²) in [7, 11) is -19.0. The minimum absolute atomic E-state index is 0.0146. The van der Waals surface area contributed by atoms with Crippen LogP contribution in [-0.4, -0.2) is 87.9 Å². The minimum Gasteiger partial charge on any atom is -0.425 e. The highest BCUT2D eigenvalue weighted by molar-refractivity contribution is 8.13. The topological polar surface area (TPSA) is 137 Å². The Hall–Kier alpha value is -7.51. The number of ketones is 1. The van der Waals surface area contributed by atoms with Crippen LogP contribution in [0.4, 0.5) is 61.5 Å². The zero-order chi connectivity index (χ0) is 80.0. The highest BCUT2D eigenvalue weighted by atomic mass is 32.3. The molecule has 0 spiro atoms. The van der Waals surface area contributed by atoms with Gasteiger partial charge in [-0.1, -0.05) is 170 Å². The van der Waals surface area contributed by atoms with Gasteiger partial charge in [-0.05, 0) is 190 Å². The van der Waals surface area contributed by atoms with Gasteiger partial charge in [-0.3, -0.25) is 4.79 Å². The van der Waals surface area contributed by atoms with Crippen LogP contribution in [0.5, 0.6) is 0 Å². The van der Waals surface area contributed by atoms with E-state index >= 15 is 0 Å². The van der Waals surface area contributed by atoms with Crippen LogP contribution in [0.1, 0.15) is 84.5 Å². The third-order valence-corrected chi connectivity index (χ3v) is 30.8. The highest BCUT2D eigenvalue weighted by Crippen LogP contribution is 2.62. The summed E-state index contributed by atoms with van der Waals surface area (Å²) >= 11 is 0. The second kappa shape index (κ2) is 36.1. The molecule has 15 rings (SSSR count). The zero-order valence-corrected chi connectivity index (χ0v) is 64.3. The summed E-state index contributed by atoms with van der Waals surface area (Å²) in [4.78, 5) is 23.7. The second-order valence-electron chi connectivity index (χ2n) is 27.0. The number of sulfonamides is 3. The summed E-state index contributed by atoms with van der Waals surface area (Å²) in [6.45, 7) is -0.450. The van der Waals surface area contributed by atoms with E-state index in [9.17, 15) is 91.5 Å². The smallest absolute Gasteiger partial charge is 0.425 e. The Morgan fingerprint density at radius 1 is 0.409 bits per heavy atom. The molecular formula is C81H80F14N2O7S6+2. The van der Waals surface area contributed by atoms with E-state index in [1.165, 1.54) is 82.6 Å². The Bertz CT molecular complexity index is 4100. The SMILES string of the molecule is CC(F)(F)C(=O)CCC12CC3CC(CC(C3)C1)C2.CC(F)(F)C(F)(F)C(F)(F)S(=O)(=O)N1CCCCC1.O=S1(=O)[N-]S(=O)(=O)C(F)(F)C(F)(F)C1(F)F.c1ccc([S+](c2ccccc2)c2ccccc2)cc1.c1ccc([S+](c2ccccc2)c2ccccc2)cc1.c1ccc([S+](c2ccccc2)c2ccccc2)cc1. The predicted octanol–water partition coefficient (Wildman–Crippen LogP) is 22.1. The van der Waals surface area contributed by atoms with Crippen LogP contribution >= 0.6 is 0 Å². The van der Waals surface area contributed by atoms with E-state index in [0.717, 1.165) is 28.8 Å². The molecule has 2 aliphatic heterocycles. The van der Waals surface area contributed by atoms with Crippen molar-refractivity contribution >= 4 is 68.5 Å². The highest BCUT2D eigenvalue weighted by Gasteiger charge is 2.82. The van der Waals surface area contributed by atoms with Crippen molar-refractivity contribution in [2.75, 3.05) is 13.1 Å². The second-order valence-corrected chi connectivity index (χ2v) is 38.6. The standard InChI is InChI=1S/3C18H15S.C15H22F2O.C9H13F6NO2S.C3F6NO4S2/c3*1-4-10-16(11-5-1)19(17-12-6-2-7-13-17)18-14-8-3-9-15-18;1-14(16,17)13(18)2-3-15-7-10-4-11(8-15)6-12(5-10)9-15;1-7(10,11)8(12,13)9(14,15)19(17,18)16-5-3-2-4-6-16;4-1(5)2(6,7)15(11,12)10-16(13,14)3(1,8)9/h3*1-15H;10-12H,2-9H2,1H3;2-6H2,1H3;/q3*+1;;;-1. The molecule has 588 valence electrons. The number of piperidine rings is 1. The van der Waals surface area contributed by atoms with E-state index in [4.69, 9.17) is 0 Å². The summed E-state index contributed by atoms with van der Waals surface area (Å²) in [5.41, 5.74) is 0.246. The summed E-state index contributed by atoms with van der Waals surface area (Å²) in [5, 5.41) is -18.4. The number of hydrogen-bond acceptors (Lipinski definition) is 7. The van der Waals surface area contributed by atoms with Crippen LogP contribution in [0.25, 0.3) is 4.13 Å². The number of hydrogen-bond donors (Lipinski definition) is 0. The summed E-state index contributed by atoms with van der Waals surface area (Å²) in [5.74, 6) is -19.2. The molecule has 0 atom stereocenters. The summed E-state index contributed by atoms with van der Waals surface area (Å²) in [6.07, 6.45) is 9.47. The van der Waals surface area contributed by atoms with Crippen molar-refractivity contribution in [2.45, 2.75) is 168 Å². The number of nitrogens with zero attached hydrogens (tertiary/aromatic N) is 2. The van der Waals surface area contributed by atoms with Gasteiger partial charge in [0.25, 0.3) is 10.0 Å². The lowest BCUT2D eigenvalue weighted by molar-refractivity contribution is -0.272. The Morgan fingerprint density at radius 3 is 0.845 bits per heavy atom. The van der Waals surface area contributed by atoms with Crippen LogP contribution < -0.4 is 0 Å². The molecule has 9 aromatic carbocycles. The quantitative estimate of drug-likeness (QED) is 0.0654. The first kappa shape index (κ1) is 86.5. The summed E-state index contributed by atoms with van der Waals surface area (Å²) in [6, 6.07) is 96.5. The first-order valence-electron chi connectivity index (χ1n) is 34.9. The molecule has 9 aromatic rings. The monoisotopic (exact) mass is 1650 g/mol. The molecule has 4 saturated carbocycles. The molecule has 4 aliphatic carbocycles. The predicted molar refractivity (Wildman–Crippen MR) is 401 cm³/mol. The van der Waals surface area contributed by atoms with Crippen LogP contribution in [0.15, 0.2) is 317 Å². The van der Waals surface area contributed by atoms with Crippen molar-refractivity contribution in [3.05, 3.63) is 277 Å². The summed E-state index contributed by atoms with van der Waals surface area (Å²) < 4.78 is 244. The van der Waals surface area contributed by atoms with E-state index in [-0.39, 0.29) is 74.8 Å². The lowest BCUT2D eigenvalue weighted by Crippen LogP contribution is -2.64. The van der Waals surface area contributed by atoms with Crippen LogP contribution in [0, 0.1) is 23.2 Å². The van der Waals surface area contributed by atoms with Gasteiger partial charge in [0.15, 0.2) is 64.1 Å². The minimum atomic E-state index is -6.60. The van der Waals surface area contributed by atoms with Crippen molar-refractivity contribution in [3.63, 3.8) is 0 Å². The first-order chi connectivity index (χ1) is 51.8. The molecule has 0 radical (unpaired) electrons. The fraction of sp³-hybridized carbons (Fsp3) is 0.321. The fourth-order valence-electron chi connectivity index (χ4n) is 13.8. The number of benzene rings is 9. The molecule has 9 nitrogen and oxygen atoms in total. The molecule has 4 bridgehead atoms. The van der Waals surface area contributed by atoms with Crippen molar-refractivity contribution in [1.29, 1.82) is 0 Å². The van der Waals surface area contributed by atoms with Gasteiger partial charge in [-0.2, -0.15) is 65.8 Å². The van der Waals surface area contributed by atoms with E-state index < -0.39 is 82.2 Å². The molecule has 2 saturated heterocycles. The van der Waals surface area contributed by atoms with Gasteiger partial charge in [0.05, 0.1) is 32.7 Å². The lowest BCUT2D eigenvalue weighted by atomic mass is 9.48. The van der Waals surface area contributed by atoms with Crippen molar-refractivity contribution in [2.24, 2.45) is 23.2 Å². The number of carbonyl (C=O) groups excluding carboxylic acids is 1. The fourth-order valence-corrected chi connectivity index (χ4v) is 24.5. The molecule has 29 heteroatoms. The van der Waals surface area contributed by atoms with Crippen LogP contribution in [0.3, 0.4) is 0 Å². The van der Waals surface area contributed by atoms with Crippen molar-refractivity contribution in [1.82, 2.24) is 4.31 Å². The van der Waals surface area contributed by atoms with Crippen LogP contribution in [-0.2, 0) is 67.5 Å². The third-order valence-electron chi connectivity index (χ3n) is 18.8. The molecule has 0 aromatic heterocycles. The number of Topliss-reactive ketones (excluding diaryl/α,β-unsaturated/α-hetero) is 1. The molecular weight excluding hydrogens is 1570 g/mol. The molecule has 0 amide bonds. The van der Waals surface area contributed by atoms with E-state index in [2.05, 4.69) is 273 Å². The Labute approximate surface area is 641 Å². The van der Waals surface area contributed by atoms with Gasteiger partial charge in [0.1, 0.15) is 0 Å². The first-order valence-corrected chi connectivity index (χ1v) is 42.9. The molecule has 6 fully saturated rings. The zero-order valence-electron chi connectivity index (χ0n) is 59.4. The lowest BCUT2D eigenvalue weighted by Gasteiger charge is -2.57. The maximum atomic E-state index is 13.4. The molecule has 6 aliphatic rings. The molecule has 110 heavy (non-hydrogen) atoms. The van der Waals surface area contributed by atoms with E-state index in [1.807, 2.05) is 0 Å². The van der Waals surface area contributed by atoms with Crippen molar-refractivity contribution < 1.29 is 91.5 Å².